The van der Waals surface area contributed by atoms with Crippen LogP contribution in [0, 0.1) is 5.92 Å². The van der Waals surface area contributed by atoms with E-state index in [1.54, 1.807) is 6.21 Å². The zero-order valence-electron chi connectivity index (χ0n) is 13.4. The zero-order valence-corrected chi connectivity index (χ0v) is 13.4. The average Bonchev–Trinajstić information content (AvgIpc) is 2.53. The van der Waals surface area contributed by atoms with E-state index in [1.165, 1.54) is 12.8 Å². The molecule has 0 unspecified atom stereocenters. The van der Waals surface area contributed by atoms with Gasteiger partial charge in [0.15, 0.2) is 0 Å². The highest BCUT2D eigenvalue weighted by Gasteiger charge is 2.26. The third-order valence-corrected chi connectivity index (χ3v) is 4.61. The van der Waals surface area contributed by atoms with Crippen LogP contribution in [0.4, 0.5) is 0 Å². The second-order valence-corrected chi connectivity index (χ2v) is 6.45. The lowest BCUT2D eigenvalue weighted by Crippen LogP contribution is -2.45. The van der Waals surface area contributed by atoms with E-state index in [4.69, 9.17) is 16.2 Å². The van der Waals surface area contributed by atoms with Crippen molar-refractivity contribution >= 4 is 6.21 Å². The first-order valence-corrected chi connectivity index (χ1v) is 8.18. The van der Waals surface area contributed by atoms with Crippen molar-refractivity contribution in [3.05, 3.63) is 11.4 Å². The molecule has 21 heavy (non-hydrogen) atoms. The van der Waals surface area contributed by atoms with Crippen LogP contribution in [0.5, 0.6) is 0 Å². The van der Waals surface area contributed by atoms with Crippen LogP contribution < -0.4 is 11.5 Å². The van der Waals surface area contributed by atoms with E-state index in [0.29, 0.717) is 17.8 Å². The summed E-state index contributed by atoms with van der Waals surface area (Å²) < 4.78 is 5.42. The molecule has 1 saturated carbocycles. The number of hydrogen-bond donors (Lipinski definition) is 2. The topological polar surface area (TPSA) is 76.9 Å². The third-order valence-electron chi connectivity index (χ3n) is 4.61. The lowest BCUT2D eigenvalue weighted by atomic mass is 9.90. The third kappa shape index (κ3) is 4.71. The van der Waals surface area contributed by atoms with Crippen molar-refractivity contribution in [3.63, 3.8) is 0 Å². The van der Waals surface area contributed by atoms with Crippen LogP contribution in [0.25, 0.3) is 0 Å². The Hall–Kier alpha value is -1.07. The maximum atomic E-state index is 5.96. The Morgan fingerprint density at radius 1 is 1.14 bits per heavy atom. The lowest BCUT2D eigenvalue weighted by Gasteiger charge is -2.38. The number of nitrogens with zero attached hydrogens (tertiary/aromatic N) is 2. The minimum Gasteiger partial charge on any atom is -0.400 e. The summed E-state index contributed by atoms with van der Waals surface area (Å²) in [6.07, 6.45) is 6.52. The van der Waals surface area contributed by atoms with Crippen LogP contribution >= 0.6 is 0 Å². The molecule has 4 N–H and O–H groups in total. The molecule has 0 spiro atoms. The highest BCUT2D eigenvalue weighted by atomic mass is 16.5. The molecule has 0 aromatic rings. The summed E-state index contributed by atoms with van der Waals surface area (Å²) in [4.78, 5) is 7.21. The maximum absolute atomic E-state index is 5.96. The molecule has 0 aromatic carbocycles. The minimum absolute atomic E-state index is 0.272. The molecule has 2 fully saturated rings. The summed E-state index contributed by atoms with van der Waals surface area (Å²) in [6, 6.07) is 1.12. The molecule has 1 saturated heterocycles. The zero-order chi connectivity index (χ0) is 15.2. The number of aliphatic imine (C=N–C) groups is 1. The first-order valence-electron chi connectivity index (χ1n) is 8.18. The first kappa shape index (κ1) is 16.3. The Balaban J connectivity index is 1.80. The molecule has 120 valence electrons. The fourth-order valence-corrected chi connectivity index (χ4v) is 3.11. The van der Waals surface area contributed by atoms with Gasteiger partial charge in [0.05, 0.1) is 25.0 Å². The Morgan fingerprint density at radius 3 is 2.33 bits per heavy atom. The molecule has 0 radical (unpaired) electrons. The van der Waals surface area contributed by atoms with Crippen LogP contribution in [-0.2, 0) is 4.74 Å². The van der Waals surface area contributed by atoms with Gasteiger partial charge in [-0.2, -0.15) is 0 Å². The number of ether oxygens (including phenoxy) is 1. The van der Waals surface area contributed by atoms with E-state index in [1.807, 2.05) is 13.8 Å². The number of morpholine rings is 1. The standard InChI is InChI=1S/C16H30N4O/c1-12(2)16(18)15(17)11-19-13-3-5-14(6-4-13)20-7-9-21-10-8-20/h11-14H,3-10,17-18H2,1-2H3. The molecule has 0 aromatic heterocycles. The second kappa shape index (κ2) is 7.80. The monoisotopic (exact) mass is 294 g/mol. The van der Waals surface area contributed by atoms with Crippen molar-refractivity contribution in [2.24, 2.45) is 22.4 Å². The summed E-state index contributed by atoms with van der Waals surface area (Å²) in [5.41, 5.74) is 13.3. The van der Waals surface area contributed by atoms with Crippen molar-refractivity contribution in [1.29, 1.82) is 0 Å². The number of rotatable bonds is 4. The predicted octanol–water partition coefficient (Wildman–Crippen LogP) is 1.49. The van der Waals surface area contributed by atoms with Crippen LogP contribution in [0.3, 0.4) is 0 Å². The van der Waals surface area contributed by atoms with E-state index in [0.717, 1.165) is 44.8 Å². The van der Waals surface area contributed by atoms with Gasteiger partial charge in [0.2, 0.25) is 0 Å². The fraction of sp³-hybridized carbons (Fsp3) is 0.812. The molecule has 5 nitrogen and oxygen atoms in total. The van der Waals surface area contributed by atoms with Crippen molar-refractivity contribution in [2.45, 2.75) is 51.6 Å². The van der Waals surface area contributed by atoms with Gasteiger partial charge in [0.1, 0.15) is 0 Å². The van der Waals surface area contributed by atoms with Crippen molar-refractivity contribution in [1.82, 2.24) is 4.90 Å². The Bertz CT molecular complexity index is 378. The average molecular weight is 294 g/mol. The van der Waals surface area contributed by atoms with Crippen LogP contribution in [-0.4, -0.2) is 49.5 Å². The molecule has 2 rings (SSSR count). The lowest BCUT2D eigenvalue weighted by molar-refractivity contribution is 0.00755. The SMILES string of the molecule is CC(C)C(N)=C(N)C=NC1CCC(N2CCOCC2)CC1. The van der Waals surface area contributed by atoms with E-state index in [9.17, 15) is 0 Å². The van der Waals surface area contributed by atoms with Crippen molar-refractivity contribution in [2.75, 3.05) is 26.3 Å². The van der Waals surface area contributed by atoms with Gasteiger partial charge in [-0.1, -0.05) is 13.8 Å². The van der Waals surface area contributed by atoms with Crippen LogP contribution in [0.1, 0.15) is 39.5 Å². The quantitative estimate of drug-likeness (QED) is 0.770. The molecule has 1 heterocycles. The largest absolute Gasteiger partial charge is 0.400 e. The molecular formula is C16H30N4O. The summed E-state index contributed by atoms with van der Waals surface area (Å²) >= 11 is 0. The summed E-state index contributed by atoms with van der Waals surface area (Å²) in [7, 11) is 0. The minimum atomic E-state index is 0.272. The van der Waals surface area contributed by atoms with Crippen LogP contribution in [0.15, 0.2) is 16.4 Å². The summed E-state index contributed by atoms with van der Waals surface area (Å²) in [6.45, 7) is 8.02. The van der Waals surface area contributed by atoms with E-state index >= 15 is 0 Å². The number of hydrogen-bond acceptors (Lipinski definition) is 5. The molecule has 1 aliphatic carbocycles. The van der Waals surface area contributed by atoms with E-state index < -0.39 is 0 Å². The summed E-state index contributed by atoms with van der Waals surface area (Å²) in [5, 5.41) is 0. The maximum Gasteiger partial charge on any atom is 0.0689 e. The summed E-state index contributed by atoms with van der Waals surface area (Å²) in [5.74, 6) is 0.272. The number of allylic oxidation sites excluding steroid dienone is 2. The van der Waals surface area contributed by atoms with Crippen molar-refractivity contribution < 1.29 is 4.74 Å². The molecule has 0 bridgehead atoms. The van der Waals surface area contributed by atoms with Gasteiger partial charge >= 0.3 is 0 Å². The van der Waals surface area contributed by atoms with E-state index in [-0.39, 0.29) is 5.92 Å². The molecule has 0 atom stereocenters. The Kier molecular flexibility index (Phi) is 6.06. The normalized spacial score (nSPS) is 29.9. The Morgan fingerprint density at radius 2 is 1.76 bits per heavy atom. The van der Waals surface area contributed by atoms with Gasteiger partial charge < -0.3 is 16.2 Å². The van der Waals surface area contributed by atoms with Crippen molar-refractivity contribution in [3.8, 4) is 0 Å². The van der Waals surface area contributed by atoms with Crippen LogP contribution in [0.2, 0.25) is 0 Å². The highest BCUT2D eigenvalue weighted by Crippen LogP contribution is 2.25. The highest BCUT2D eigenvalue weighted by molar-refractivity contribution is 5.78. The first-order chi connectivity index (χ1) is 10.1. The fourth-order valence-electron chi connectivity index (χ4n) is 3.11. The van der Waals surface area contributed by atoms with E-state index in [2.05, 4.69) is 9.89 Å². The van der Waals surface area contributed by atoms with Gasteiger partial charge in [-0.05, 0) is 31.6 Å². The smallest absolute Gasteiger partial charge is 0.0689 e. The molecule has 1 aliphatic heterocycles. The van der Waals surface area contributed by atoms with Gasteiger partial charge in [-0.3, -0.25) is 9.89 Å². The van der Waals surface area contributed by atoms with Gasteiger partial charge in [0, 0.05) is 31.0 Å². The molecular weight excluding hydrogens is 264 g/mol. The second-order valence-electron chi connectivity index (χ2n) is 6.45. The Labute approximate surface area is 128 Å². The molecule has 2 aliphatic rings. The number of nitrogens with two attached hydrogens (primary N) is 2. The predicted molar refractivity (Wildman–Crippen MR) is 87.2 cm³/mol. The van der Waals surface area contributed by atoms with Gasteiger partial charge in [0.25, 0.3) is 0 Å². The molecule has 5 heteroatoms. The van der Waals surface area contributed by atoms with Gasteiger partial charge in [-0.25, -0.2) is 0 Å². The molecule has 0 amide bonds. The van der Waals surface area contributed by atoms with Gasteiger partial charge in [-0.15, -0.1) is 0 Å².